The quantitative estimate of drug-likeness (QED) is 0.335. The minimum absolute atomic E-state index is 0. The van der Waals surface area contributed by atoms with Crippen LogP contribution in [0.4, 0.5) is 0 Å². The highest BCUT2D eigenvalue weighted by Gasteiger charge is 2.39. The van der Waals surface area contributed by atoms with Crippen LogP contribution < -0.4 is 10.6 Å². The Hall–Kier alpha value is -0.0800. The van der Waals surface area contributed by atoms with E-state index in [9.17, 15) is 0 Å². The summed E-state index contributed by atoms with van der Waals surface area (Å²) in [7, 11) is 4.15. The Labute approximate surface area is 178 Å². The van der Waals surface area contributed by atoms with E-state index in [0.717, 1.165) is 25.0 Å². The lowest BCUT2D eigenvalue weighted by Crippen LogP contribution is -2.62. The van der Waals surface area contributed by atoms with Gasteiger partial charge in [0, 0.05) is 25.7 Å². The zero-order valence-electron chi connectivity index (χ0n) is 17.5. The van der Waals surface area contributed by atoms with Crippen LogP contribution in [0.1, 0.15) is 58.8 Å². The lowest BCUT2D eigenvalue weighted by molar-refractivity contribution is 0.0173. The molecule has 0 bridgehead atoms. The predicted octanol–water partition coefficient (Wildman–Crippen LogP) is 3.16. The number of nitrogens with zero attached hydrogens (tertiary/aromatic N) is 3. The number of guanidine groups is 1. The number of aliphatic imine (C=N–C) groups is 1. The fraction of sp³-hybridized carbons (Fsp3) is 0.950. The average Bonchev–Trinajstić information content (AvgIpc) is 2.67. The fourth-order valence-corrected chi connectivity index (χ4v) is 4.30. The maximum Gasteiger partial charge on any atom is 0.191 e. The number of nitrogens with one attached hydrogen (secondary N) is 2. The van der Waals surface area contributed by atoms with E-state index >= 15 is 0 Å². The van der Waals surface area contributed by atoms with Crippen molar-refractivity contribution in [3.8, 4) is 0 Å². The van der Waals surface area contributed by atoms with Gasteiger partial charge < -0.3 is 15.5 Å². The molecule has 2 aliphatic heterocycles. The van der Waals surface area contributed by atoms with Crippen molar-refractivity contribution in [1.29, 1.82) is 0 Å². The Kier molecular flexibility index (Phi) is 11.4. The van der Waals surface area contributed by atoms with E-state index in [1.165, 1.54) is 71.1 Å². The van der Waals surface area contributed by atoms with Gasteiger partial charge in [0.1, 0.15) is 0 Å². The Balaban J connectivity index is 0.00000338. The molecule has 0 amide bonds. The zero-order chi connectivity index (χ0) is 18.1. The number of hydrogen-bond acceptors (Lipinski definition) is 3. The second-order valence-corrected chi connectivity index (χ2v) is 8.06. The highest BCUT2D eigenvalue weighted by Crippen LogP contribution is 2.30. The van der Waals surface area contributed by atoms with E-state index in [0.29, 0.717) is 5.54 Å². The Morgan fingerprint density at radius 1 is 1.00 bits per heavy atom. The SMILES string of the molecule is CCC(CC)CNC(=NC)NCC1(N2CCCCC2)CCN(C)CC1.I. The molecule has 0 radical (unpaired) electrons. The fourth-order valence-electron chi connectivity index (χ4n) is 4.30. The molecule has 154 valence electrons. The summed E-state index contributed by atoms with van der Waals surface area (Å²) in [4.78, 5) is 9.73. The molecule has 2 saturated heterocycles. The van der Waals surface area contributed by atoms with Gasteiger partial charge in [0.25, 0.3) is 0 Å². The third-order valence-electron chi connectivity index (χ3n) is 6.47. The summed E-state index contributed by atoms with van der Waals surface area (Å²) in [6, 6.07) is 0. The second-order valence-electron chi connectivity index (χ2n) is 8.06. The Morgan fingerprint density at radius 2 is 1.62 bits per heavy atom. The van der Waals surface area contributed by atoms with Gasteiger partial charge >= 0.3 is 0 Å². The molecular weight excluding hydrogens is 437 g/mol. The lowest BCUT2D eigenvalue weighted by Gasteiger charge is -2.50. The molecule has 2 heterocycles. The molecule has 5 nitrogen and oxygen atoms in total. The summed E-state index contributed by atoms with van der Waals surface area (Å²) >= 11 is 0. The third kappa shape index (κ3) is 6.82. The molecule has 0 aromatic heterocycles. The van der Waals surface area contributed by atoms with Gasteiger partial charge in [-0.25, -0.2) is 0 Å². The van der Waals surface area contributed by atoms with E-state index in [1.807, 2.05) is 7.05 Å². The van der Waals surface area contributed by atoms with Crippen LogP contribution in [-0.4, -0.2) is 74.7 Å². The first kappa shape index (κ1) is 24.0. The molecule has 26 heavy (non-hydrogen) atoms. The van der Waals surface area contributed by atoms with Crippen molar-refractivity contribution in [2.24, 2.45) is 10.9 Å². The maximum absolute atomic E-state index is 4.47. The van der Waals surface area contributed by atoms with Crippen molar-refractivity contribution in [2.45, 2.75) is 64.3 Å². The minimum atomic E-state index is 0. The molecule has 2 fully saturated rings. The van der Waals surface area contributed by atoms with Gasteiger partial charge in [0.2, 0.25) is 0 Å². The van der Waals surface area contributed by atoms with Crippen LogP contribution >= 0.6 is 24.0 Å². The summed E-state index contributed by atoms with van der Waals surface area (Å²) in [5.74, 6) is 1.71. The van der Waals surface area contributed by atoms with Gasteiger partial charge in [-0.1, -0.05) is 33.1 Å². The third-order valence-corrected chi connectivity index (χ3v) is 6.47. The molecule has 0 aliphatic carbocycles. The van der Waals surface area contributed by atoms with E-state index in [2.05, 4.69) is 46.3 Å². The van der Waals surface area contributed by atoms with Crippen LogP contribution in [0.2, 0.25) is 0 Å². The summed E-state index contributed by atoms with van der Waals surface area (Å²) in [6.45, 7) is 11.5. The molecule has 6 heteroatoms. The van der Waals surface area contributed by atoms with Crippen LogP contribution in [0.3, 0.4) is 0 Å². The molecule has 0 aromatic carbocycles. The van der Waals surface area contributed by atoms with Crippen LogP contribution in [0.15, 0.2) is 4.99 Å². The molecule has 0 spiro atoms. The van der Waals surface area contributed by atoms with Crippen LogP contribution in [-0.2, 0) is 0 Å². The highest BCUT2D eigenvalue weighted by atomic mass is 127. The van der Waals surface area contributed by atoms with Gasteiger partial charge in [-0.15, -0.1) is 24.0 Å². The summed E-state index contributed by atoms with van der Waals surface area (Å²) in [6.07, 6.45) is 9.10. The first-order chi connectivity index (χ1) is 12.1. The number of halogens is 1. The van der Waals surface area contributed by atoms with Crippen molar-refractivity contribution in [3.05, 3.63) is 0 Å². The van der Waals surface area contributed by atoms with Crippen molar-refractivity contribution >= 4 is 29.9 Å². The molecule has 0 aromatic rings. The predicted molar refractivity (Wildman–Crippen MR) is 124 cm³/mol. The summed E-state index contributed by atoms with van der Waals surface area (Å²) in [5, 5.41) is 7.22. The van der Waals surface area contributed by atoms with Gasteiger partial charge in [0.15, 0.2) is 5.96 Å². The van der Waals surface area contributed by atoms with E-state index in [-0.39, 0.29) is 24.0 Å². The first-order valence-electron chi connectivity index (χ1n) is 10.5. The number of rotatable bonds is 7. The van der Waals surface area contributed by atoms with E-state index in [4.69, 9.17) is 0 Å². The molecular formula is C20H42IN5. The molecule has 2 N–H and O–H groups in total. The average molecular weight is 479 g/mol. The molecule has 0 saturated carbocycles. The molecule has 0 atom stereocenters. The largest absolute Gasteiger partial charge is 0.356 e. The zero-order valence-corrected chi connectivity index (χ0v) is 19.8. The van der Waals surface area contributed by atoms with Crippen LogP contribution in [0.5, 0.6) is 0 Å². The topological polar surface area (TPSA) is 42.9 Å². The Morgan fingerprint density at radius 3 is 2.15 bits per heavy atom. The maximum atomic E-state index is 4.47. The molecule has 0 unspecified atom stereocenters. The number of hydrogen-bond donors (Lipinski definition) is 2. The molecule has 2 aliphatic rings. The minimum Gasteiger partial charge on any atom is -0.356 e. The standard InChI is InChI=1S/C20H41N5.HI/c1-5-18(6-2)16-22-19(21-3)23-17-20(10-14-24(4)15-11-20)25-12-8-7-9-13-25;/h18H,5-17H2,1-4H3,(H2,21,22,23);1H. The second kappa shape index (κ2) is 12.4. The van der Waals surface area contributed by atoms with Gasteiger partial charge in [0.05, 0.1) is 0 Å². The number of piperidine rings is 2. The van der Waals surface area contributed by atoms with Crippen molar-refractivity contribution < 1.29 is 0 Å². The van der Waals surface area contributed by atoms with Crippen LogP contribution in [0.25, 0.3) is 0 Å². The van der Waals surface area contributed by atoms with Crippen LogP contribution in [0, 0.1) is 5.92 Å². The van der Waals surface area contributed by atoms with Crippen molar-refractivity contribution in [1.82, 2.24) is 20.4 Å². The van der Waals surface area contributed by atoms with Crippen molar-refractivity contribution in [3.63, 3.8) is 0 Å². The smallest absolute Gasteiger partial charge is 0.191 e. The van der Waals surface area contributed by atoms with E-state index in [1.54, 1.807) is 0 Å². The Bertz CT molecular complexity index is 397. The molecule has 2 rings (SSSR count). The summed E-state index contributed by atoms with van der Waals surface area (Å²) in [5.41, 5.74) is 0.305. The summed E-state index contributed by atoms with van der Waals surface area (Å²) < 4.78 is 0. The van der Waals surface area contributed by atoms with Gasteiger partial charge in [-0.2, -0.15) is 0 Å². The highest BCUT2D eigenvalue weighted by molar-refractivity contribution is 14.0. The van der Waals surface area contributed by atoms with Gasteiger partial charge in [-0.3, -0.25) is 9.89 Å². The number of likely N-dealkylation sites (tertiary alicyclic amines) is 2. The monoisotopic (exact) mass is 479 g/mol. The van der Waals surface area contributed by atoms with Crippen molar-refractivity contribution in [2.75, 3.05) is 53.4 Å². The lowest BCUT2D eigenvalue weighted by atomic mass is 9.84. The first-order valence-corrected chi connectivity index (χ1v) is 10.5. The van der Waals surface area contributed by atoms with E-state index < -0.39 is 0 Å². The van der Waals surface area contributed by atoms with Gasteiger partial charge in [-0.05, 0) is 64.8 Å². The normalized spacial score (nSPS) is 22.1.